The third kappa shape index (κ3) is 2.74. The zero-order chi connectivity index (χ0) is 14.0. The smallest absolute Gasteiger partial charge is 0.328 e. The lowest BCUT2D eigenvalue weighted by Gasteiger charge is -2.23. The summed E-state index contributed by atoms with van der Waals surface area (Å²) >= 11 is 0. The van der Waals surface area contributed by atoms with Crippen LogP contribution in [0.25, 0.3) is 5.57 Å². The first-order chi connectivity index (χ1) is 9.01. The van der Waals surface area contributed by atoms with Gasteiger partial charge in [0.05, 0.1) is 12.3 Å². The Kier molecular flexibility index (Phi) is 3.52. The summed E-state index contributed by atoms with van der Waals surface area (Å²) in [4.78, 5) is 22.1. The van der Waals surface area contributed by atoms with Crippen LogP contribution >= 0.6 is 0 Å². The standard InChI is InChI=1S/C13H13NO5/c1-7-13(18)14-10-4-8(2-3-11(10)19-7)9(6-15)5-12(16)17/h2-5,7,15H,6H2,1H3,(H,14,18)(H,16,17)/b9-5+. The number of benzene rings is 1. The van der Waals surface area contributed by atoms with Gasteiger partial charge in [-0.15, -0.1) is 0 Å². The molecule has 1 heterocycles. The number of aliphatic carboxylic acids is 1. The SMILES string of the molecule is CC1Oc2ccc(/C(=C/C(=O)O)CO)cc2NC1=O. The molecule has 6 nitrogen and oxygen atoms in total. The fourth-order valence-corrected chi connectivity index (χ4v) is 1.78. The highest BCUT2D eigenvalue weighted by molar-refractivity contribution is 5.98. The summed E-state index contributed by atoms with van der Waals surface area (Å²) < 4.78 is 5.38. The largest absolute Gasteiger partial charge is 0.479 e. The fourth-order valence-electron chi connectivity index (χ4n) is 1.78. The predicted molar refractivity (Wildman–Crippen MR) is 67.9 cm³/mol. The minimum Gasteiger partial charge on any atom is -0.479 e. The number of carbonyl (C=O) groups is 2. The zero-order valence-corrected chi connectivity index (χ0v) is 10.2. The molecule has 0 aliphatic carbocycles. The van der Waals surface area contributed by atoms with Gasteiger partial charge >= 0.3 is 5.97 Å². The van der Waals surface area contributed by atoms with E-state index in [1.165, 1.54) is 0 Å². The number of aliphatic hydroxyl groups excluding tert-OH is 1. The van der Waals surface area contributed by atoms with E-state index >= 15 is 0 Å². The van der Waals surface area contributed by atoms with E-state index < -0.39 is 18.7 Å². The second-order valence-electron chi connectivity index (χ2n) is 4.13. The highest BCUT2D eigenvalue weighted by atomic mass is 16.5. The highest BCUT2D eigenvalue weighted by Crippen LogP contribution is 2.32. The maximum absolute atomic E-state index is 11.5. The van der Waals surface area contributed by atoms with Crippen LogP contribution in [0, 0.1) is 0 Å². The van der Waals surface area contributed by atoms with Crippen molar-refractivity contribution in [2.45, 2.75) is 13.0 Å². The minimum absolute atomic E-state index is 0.253. The molecule has 0 bridgehead atoms. The number of rotatable bonds is 3. The third-order valence-corrected chi connectivity index (χ3v) is 2.75. The van der Waals surface area contributed by atoms with Crippen molar-refractivity contribution in [3.63, 3.8) is 0 Å². The van der Waals surface area contributed by atoms with Gasteiger partial charge in [0.25, 0.3) is 5.91 Å². The molecule has 1 aromatic rings. The summed E-state index contributed by atoms with van der Waals surface area (Å²) in [6.45, 7) is 1.23. The monoisotopic (exact) mass is 263 g/mol. The molecule has 0 fully saturated rings. The summed E-state index contributed by atoms with van der Waals surface area (Å²) in [5.74, 6) is -0.892. The molecule has 0 saturated heterocycles. The Labute approximate surface area is 109 Å². The molecule has 0 saturated carbocycles. The van der Waals surface area contributed by atoms with Crippen molar-refractivity contribution in [3.05, 3.63) is 29.8 Å². The lowest BCUT2D eigenvalue weighted by Crippen LogP contribution is -2.34. The molecule has 1 aliphatic heterocycles. The Morgan fingerprint density at radius 3 is 2.89 bits per heavy atom. The van der Waals surface area contributed by atoms with E-state index in [1.807, 2.05) is 0 Å². The van der Waals surface area contributed by atoms with Gasteiger partial charge in [-0.05, 0) is 30.2 Å². The van der Waals surface area contributed by atoms with Gasteiger partial charge in [0, 0.05) is 6.08 Å². The molecule has 1 atom stereocenters. The van der Waals surface area contributed by atoms with E-state index in [0.717, 1.165) is 6.08 Å². The molecule has 6 heteroatoms. The van der Waals surface area contributed by atoms with Gasteiger partial charge in [-0.1, -0.05) is 6.07 Å². The van der Waals surface area contributed by atoms with Crippen molar-refractivity contribution >= 4 is 23.1 Å². The van der Waals surface area contributed by atoms with E-state index in [9.17, 15) is 14.7 Å². The van der Waals surface area contributed by atoms with Crippen molar-refractivity contribution in [2.75, 3.05) is 11.9 Å². The summed E-state index contributed by atoms with van der Waals surface area (Å²) in [5, 5.41) is 20.5. The first-order valence-corrected chi connectivity index (χ1v) is 5.67. The average molecular weight is 263 g/mol. The van der Waals surface area contributed by atoms with E-state index in [1.54, 1.807) is 25.1 Å². The Morgan fingerprint density at radius 1 is 1.53 bits per heavy atom. The van der Waals surface area contributed by atoms with Crippen LogP contribution in [0.3, 0.4) is 0 Å². The molecule has 100 valence electrons. The molecular formula is C13H13NO5. The number of hydrogen-bond acceptors (Lipinski definition) is 4. The van der Waals surface area contributed by atoms with Gasteiger partial charge in [-0.2, -0.15) is 0 Å². The van der Waals surface area contributed by atoms with Gasteiger partial charge < -0.3 is 20.3 Å². The molecule has 3 N–H and O–H groups in total. The number of nitrogens with one attached hydrogen (secondary N) is 1. The zero-order valence-electron chi connectivity index (χ0n) is 10.2. The molecular weight excluding hydrogens is 250 g/mol. The highest BCUT2D eigenvalue weighted by Gasteiger charge is 2.23. The number of amides is 1. The van der Waals surface area contributed by atoms with Crippen LogP contribution in [0.1, 0.15) is 12.5 Å². The number of aliphatic hydroxyl groups is 1. The van der Waals surface area contributed by atoms with E-state index in [0.29, 0.717) is 17.0 Å². The predicted octanol–water partition coefficient (Wildman–Crippen LogP) is 0.866. The summed E-state index contributed by atoms with van der Waals surface area (Å²) in [6.07, 6.45) is 0.362. The number of carboxylic acid groups (broad SMARTS) is 1. The van der Waals surface area contributed by atoms with Crippen molar-refractivity contribution in [1.29, 1.82) is 0 Å². The Hall–Kier alpha value is -2.34. The maximum atomic E-state index is 11.5. The minimum atomic E-state index is -1.14. The first kappa shape index (κ1) is 13.1. The molecule has 0 aromatic heterocycles. The number of carboxylic acids is 1. The molecule has 1 unspecified atom stereocenters. The van der Waals surface area contributed by atoms with Crippen LogP contribution < -0.4 is 10.1 Å². The number of ether oxygens (including phenoxy) is 1. The number of anilines is 1. The van der Waals surface area contributed by atoms with Crippen molar-refractivity contribution in [3.8, 4) is 5.75 Å². The van der Waals surface area contributed by atoms with Crippen LogP contribution in [0.5, 0.6) is 5.75 Å². The van der Waals surface area contributed by atoms with Crippen LogP contribution in [0.4, 0.5) is 5.69 Å². The van der Waals surface area contributed by atoms with Crippen molar-refractivity contribution < 1.29 is 24.5 Å². The Bertz CT molecular complexity index is 564. The van der Waals surface area contributed by atoms with Crippen LogP contribution in [-0.4, -0.2) is 34.8 Å². The quantitative estimate of drug-likeness (QED) is 0.703. The molecule has 0 spiro atoms. The normalized spacial score (nSPS) is 18.3. The lowest BCUT2D eigenvalue weighted by atomic mass is 10.0. The number of fused-ring (bicyclic) bond motifs is 1. The number of hydrogen-bond donors (Lipinski definition) is 3. The van der Waals surface area contributed by atoms with Crippen LogP contribution in [0.15, 0.2) is 24.3 Å². The maximum Gasteiger partial charge on any atom is 0.328 e. The number of carbonyl (C=O) groups excluding carboxylic acids is 1. The first-order valence-electron chi connectivity index (χ1n) is 5.67. The topological polar surface area (TPSA) is 95.9 Å². The molecule has 19 heavy (non-hydrogen) atoms. The Morgan fingerprint density at radius 2 is 2.26 bits per heavy atom. The van der Waals surface area contributed by atoms with Crippen molar-refractivity contribution in [1.82, 2.24) is 0 Å². The van der Waals surface area contributed by atoms with Gasteiger partial charge in [0.15, 0.2) is 6.10 Å². The van der Waals surface area contributed by atoms with Gasteiger partial charge in [0.1, 0.15) is 5.75 Å². The van der Waals surface area contributed by atoms with Gasteiger partial charge in [-0.25, -0.2) is 4.79 Å². The molecule has 1 amide bonds. The van der Waals surface area contributed by atoms with Crippen molar-refractivity contribution in [2.24, 2.45) is 0 Å². The molecule has 2 rings (SSSR count). The third-order valence-electron chi connectivity index (χ3n) is 2.75. The van der Waals surface area contributed by atoms with E-state index in [-0.39, 0.29) is 11.5 Å². The van der Waals surface area contributed by atoms with Gasteiger partial charge in [0.2, 0.25) is 0 Å². The molecule has 0 radical (unpaired) electrons. The van der Waals surface area contributed by atoms with Crippen LogP contribution in [-0.2, 0) is 9.59 Å². The average Bonchev–Trinajstić information content (AvgIpc) is 2.36. The lowest BCUT2D eigenvalue weighted by molar-refractivity contribution is -0.131. The molecule has 1 aromatic carbocycles. The summed E-state index contributed by atoms with van der Waals surface area (Å²) in [5.41, 5.74) is 1.23. The fraction of sp³-hybridized carbons (Fsp3) is 0.231. The van der Waals surface area contributed by atoms with E-state index in [2.05, 4.69) is 5.32 Å². The van der Waals surface area contributed by atoms with Crippen LogP contribution in [0.2, 0.25) is 0 Å². The second-order valence-corrected chi connectivity index (χ2v) is 4.13. The van der Waals surface area contributed by atoms with E-state index in [4.69, 9.17) is 9.84 Å². The molecule has 1 aliphatic rings. The van der Waals surface area contributed by atoms with Gasteiger partial charge in [-0.3, -0.25) is 4.79 Å². The second kappa shape index (κ2) is 5.11. The summed E-state index contributed by atoms with van der Waals surface area (Å²) in [7, 11) is 0. The Balaban J connectivity index is 2.38. The summed E-state index contributed by atoms with van der Waals surface area (Å²) in [6, 6.07) is 4.84.